The van der Waals surface area contributed by atoms with E-state index in [9.17, 15) is 10.1 Å². The molecular weight excluding hydrogens is 258 g/mol. The number of aryl methyl sites for hydroxylation is 1. The zero-order valence-corrected chi connectivity index (χ0v) is 10.6. The van der Waals surface area contributed by atoms with Crippen LogP contribution in [0.5, 0.6) is 0 Å². The van der Waals surface area contributed by atoms with Crippen LogP contribution in [-0.2, 0) is 7.05 Å². The first-order valence-electron chi connectivity index (χ1n) is 5.92. The van der Waals surface area contributed by atoms with Crippen molar-refractivity contribution in [3.8, 4) is 0 Å². The van der Waals surface area contributed by atoms with E-state index in [1.807, 2.05) is 42.1 Å². The molecule has 7 nitrogen and oxygen atoms in total. The van der Waals surface area contributed by atoms with Crippen molar-refractivity contribution in [3.05, 3.63) is 53.0 Å². The zero-order valence-electron chi connectivity index (χ0n) is 10.6. The van der Waals surface area contributed by atoms with Crippen molar-refractivity contribution in [1.82, 2.24) is 14.5 Å². The van der Waals surface area contributed by atoms with Crippen LogP contribution in [0.15, 0.2) is 42.9 Å². The van der Waals surface area contributed by atoms with Gasteiger partial charge in [-0.1, -0.05) is 6.07 Å². The number of aromatic nitrogens is 3. The quantitative estimate of drug-likeness (QED) is 0.583. The van der Waals surface area contributed by atoms with Gasteiger partial charge in [0.2, 0.25) is 5.95 Å². The van der Waals surface area contributed by atoms with Gasteiger partial charge in [0.1, 0.15) is 12.4 Å². The van der Waals surface area contributed by atoms with E-state index in [1.165, 1.54) is 12.4 Å². The molecule has 20 heavy (non-hydrogen) atoms. The molecule has 0 aliphatic rings. The summed E-state index contributed by atoms with van der Waals surface area (Å²) in [4.78, 5) is 17.8. The van der Waals surface area contributed by atoms with Gasteiger partial charge in [0.05, 0.1) is 4.92 Å². The Morgan fingerprint density at radius 1 is 1.25 bits per heavy atom. The van der Waals surface area contributed by atoms with Crippen LogP contribution in [0.25, 0.3) is 10.9 Å². The lowest BCUT2D eigenvalue weighted by Gasteiger charge is -2.05. The number of anilines is 2. The molecule has 0 radical (unpaired) electrons. The molecule has 0 amide bonds. The molecule has 3 rings (SSSR count). The first-order chi connectivity index (χ1) is 9.63. The van der Waals surface area contributed by atoms with E-state index in [4.69, 9.17) is 0 Å². The highest BCUT2D eigenvalue weighted by Crippen LogP contribution is 2.21. The minimum absolute atomic E-state index is 0.131. The smallest absolute Gasteiger partial charge is 0.305 e. The second-order valence-corrected chi connectivity index (χ2v) is 4.35. The van der Waals surface area contributed by atoms with Crippen molar-refractivity contribution in [2.45, 2.75) is 0 Å². The first-order valence-corrected chi connectivity index (χ1v) is 5.92. The minimum atomic E-state index is -0.528. The predicted octanol–water partition coefficient (Wildman–Crippen LogP) is 2.62. The largest absolute Gasteiger partial charge is 0.350 e. The lowest BCUT2D eigenvalue weighted by molar-refractivity contribution is -0.385. The molecule has 0 bridgehead atoms. The van der Waals surface area contributed by atoms with Crippen molar-refractivity contribution in [1.29, 1.82) is 0 Å². The Morgan fingerprint density at radius 2 is 2.00 bits per heavy atom. The molecule has 0 saturated heterocycles. The second-order valence-electron chi connectivity index (χ2n) is 4.35. The van der Waals surface area contributed by atoms with Gasteiger partial charge in [-0.2, -0.15) is 0 Å². The third-order valence-corrected chi connectivity index (χ3v) is 2.99. The third kappa shape index (κ3) is 2.16. The summed E-state index contributed by atoms with van der Waals surface area (Å²) in [5, 5.41) is 14.7. The molecule has 0 saturated carbocycles. The van der Waals surface area contributed by atoms with E-state index in [-0.39, 0.29) is 5.69 Å². The van der Waals surface area contributed by atoms with Crippen molar-refractivity contribution >= 4 is 28.2 Å². The summed E-state index contributed by atoms with van der Waals surface area (Å²) in [6, 6.07) is 7.90. The van der Waals surface area contributed by atoms with Gasteiger partial charge in [-0.05, 0) is 23.6 Å². The maximum Gasteiger partial charge on any atom is 0.305 e. The zero-order chi connectivity index (χ0) is 14.1. The number of nitrogens with zero attached hydrogens (tertiary/aromatic N) is 4. The summed E-state index contributed by atoms with van der Waals surface area (Å²) < 4.78 is 2.01. The molecule has 0 aliphatic heterocycles. The van der Waals surface area contributed by atoms with Crippen LogP contribution in [0.2, 0.25) is 0 Å². The average Bonchev–Trinajstić information content (AvgIpc) is 2.81. The minimum Gasteiger partial charge on any atom is -0.350 e. The van der Waals surface area contributed by atoms with E-state index in [0.717, 1.165) is 16.6 Å². The summed E-state index contributed by atoms with van der Waals surface area (Å²) in [6.45, 7) is 0. The lowest BCUT2D eigenvalue weighted by Crippen LogP contribution is -1.98. The number of benzene rings is 1. The number of fused-ring (bicyclic) bond motifs is 1. The molecular formula is C13H11N5O2. The number of hydrogen-bond acceptors (Lipinski definition) is 5. The van der Waals surface area contributed by atoms with E-state index in [1.54, 1.807) is 0 Å². The van der Waals surface area contributed by atoms with Crippen LogP contribution in [0.4, 0.5) is 17.3 Å². The van der Waals surface area contributed by atoms with Crippen molar-refractivity contribution in [2.24, 2.45) is 7.05 Å². The van der Waals surface area contributed by atoms with Gasteiger partial charge in [-0.25, -0.2) is 9.97 Å². The summed E-state index contributed by atoms with van der Waals surface area (Å²) in [6.07, 6.45) is 4.34. The van der Waals surface area contributed by atoms with Crippen molar-refractivity contribution in [2.75, 3.05) is 5.32 Å². The van der Waals surface area contributed by atoms with Gasteiger partial charge in [0.25, 0.3) is 0 Å². The molecule has 3 aromatic rings. The van der Waals surface area contributed by atoms with Crippen LogP contribution >= 0.6 is 0 Å². The standard InChI is InChI=1S/C13H11N5O2/c1-17-5-4-9-2-3-10(6-12(9)17)16-13-14-7-11(8-15-13)18(19)20/h2-8H,1H3,(H,14,15,16). The second kappa shape index (κ2) is 4.61. The normalized spacial score (nSPS) is 10.7. The molecule has 100 valence electrons. The van der Waals surface area contributed by atoms with Crippen molar-refractivity contribution < 1.29 is 4.92 Å². The van der Waals surface area contributed by atoms with E-state index in [0.29, 0.717) is 5.95 Å². The highest BCUT2D eigenvalue weighted by molar-refractivity contribution is 5.84. The van der Waals surface area contributed by atoms with Crippen LogP contribution in [0.1, 0.15) is 0 Å². The molecule has 0 fully saturated rings. The maximum absolute atomic E-state index is 10.5. The highest BCUT2D eigenvalue weighted by Gasteiger charge is 2.07. The van der Waals surface area contributed by atoms with Crippen LogP contribution in [0, 0.1) is 10.1 Å². The summed E-state index contributed by atoms with van der Waals surface area (Å²) in [5.74, 6) is 0.323. The molecule has 7 heteroatoms. The van der Waals surface area contributed by atoms with Crippen molar-refractivity contribution in [3.63, 3.8) is 0 Å². The molecule has 1 N–H and O–H groups in total. The van der Waals surface area contributed by atoms with Gasteiger partial charge in [-0.3, -0.25) is 10.1 Å². The van der Waals surface area contributed by atoms with Crippen LogP contribution < -0.4 is 5.32 Å². The van der Waals surface area contributed by atoms with Gasteiger partial charge < -0.3 is 9.88 Å². The molecule has 2 aromatic heterocycles. The summed E-state index contributed by atoms with van der Waals surface area (Å²) in [5.41, 5.74) is 1.78. The molecule has 2 heterocycles. The fraction of sp³-hybridized carbons (Fsp3) is 0.0769. The molecule has 1 aromatic carbocycles. The Balaban J connectivity index is 1.88. The van der Waals surface area contributed by atoms with E-state index in [2.05, 4.69) is 15.3 Å². The number of hydrogen-bond donors (Lipinski definition) is 1. The lowest BCUT2D eigenvalue weighted by atomic mass is 10.2. The number of nitrogens with one attached hydrogen (secondary N) is 1. The molecule has 0 unspecified atom stereocenters. The van der Waals surface area contributed by atoms with Gasteiger partial charge in [0, 0.05) is 24.4 Å². The van der Waals surface area contributed by atoms with E-state index >= 15 is 0 Å². The van der Waals surface area contributed by atoms with E-state index < -0.39 is 4.92 Å². The molecule has 0 aliphatic carbocycles. The third-order valence-electron chi connectivity index (χ3n) is 2.99. The predicted molar refractivity (Wildman–Crippen MR) is 74.9 cm³/mol. The average molecular weight is 269 g/mol. The fourth-order valence-electron chi connectivity index (χ4n) is 1.95. The van der Waals surface area contributed by atoms with Crippen LogP contribution in [-0.4, -0.2) is 19.5 Å². The van der Waals surface area contributed by atoms with Gasteiger partial charge in [-0.15, -0.1) is 0 Å². The molecule has 0 spiro atoms. The SMILES string of the molecule is Cn1ccc2ccc(Nc3ncc([N+](=O)[O-])cn3)cc21. The Hall–Kier alpha value is -2.96. The Kier molecular flexibility index (Phi) is 2.79. The Morgan fingerprint density at radius 3 is 2.70 bits per heavy atom. The monoisotopic (exact) mass is 269 g/mol. The summed E-state index contributed by atoms with van der Waals surface area (Å²) in [7, 11) is 1.97. The Bertz CT molecular complexity index is 779. The fourth-order valence-corrected chi connectivity index (χ4v) is 1.95. The first kappa shape index (κ1) is 12.1. The number of rotatable bonds is 3. The highest BCUT2D eigenvalue weighted by atomic mass is 16.6. The molecule has 0 atom stereocenters. The Labute approximate surface area is 114 Å². The topological polar surface area (TPSA) is 85.9 Å². The maximum atomic E-state index is 10.5. The summed E-state index contributed by atoms with van der Waals surface area (Å²) >= 11 is 0. The van der Waals surface area contributed by atoms with Gasteiger partial charge >= 0.3 is 5.69 Å². The van der Waals surface area contributed by atoms with Crippen LogP contribution in [0.3, 0.4) is 0 Å². The number of nitro groups is 1. The van der Waals surface area contributed by atoms with Gasteiger partial charge in [0.15, 0.2) is 0 Å².